The predicted octanol–water partition coefficient (Wildman–Crippen LogP) is 2.18. The van der Waals surface area contributed by atoms with Crippen molar-refractivity contribution in [1.82, 2.24) is 9.21 Å². The van der Waals surface area contributed by atoms with Crippen LogP contribution in [0.2, 0.25) is 5.02 Å². The van der Waals surface area contributed by atoms with Crippen LogP contribution < -0.4 is 4.74 Å². The Morgan fingerprint density at radius 1 is 1.00 bits per heavy atom. The van der Waals surface area contributed by atoms with E-state index in [1.807, 2.05) is 0 Å². The van der Waals surface area contributed by atoms with Gasteiger partial charge in [-0.2, -0.15) is 4.31 Å². The van der Waals surface area contributed by atoms with Crippen molar-refractivity contribution in [1.29, 1.82) is 0 Å². The highest BCUT2D eigenvalue weighted by atomic mass is 35.5. The van der Waals surface area contributed by atoms with Gasteiger partial charge in [0.15, 0.2) is 12.7 Å². The lowest BCUT2D eigenvalue weighted by Crippen LogP contribution is -2.51. The molecule has 3 rings (SSSR count). The number of benzene rings is 2. The smallest absolute Gasteiger partial charge is 0.347 e. The van der Waals surface area contributed by atoms with E-state index in [0.717, 1.165) is 0 Å². The van der Waals surface area contributed by atoms with E-state index in [4.69, 9.17) is 21.1 Å². The van der Waals surface area contributed by atoms with Crippen LogP contribution in [0.15, 0.2) is 59.5 Å². The molecule has 1 fully saturated rings. The fourth-order valence-electron chi connectivity index (χ4n) is 3.03. The SMILES string of the molecule is C[C@@H](Oc1ccc(Cl)cc1)C(=O)OCC(=O)N1CCN(S(=O)(=O)c2ccccc2)CC1. The third kappa shape index (κ3) is 5.96. The van der Waals surface area contributed by atoms with E-state index >= 15 is 0 Å². The summed E-state index contributed by atoms with van der Waals surface area (Å²) in [5.74, 6) is -0.603. The van der Waals surface area contributed by atoms with E-state index in [2.05, 4.69) is 0 Å². The first-order valence-corrected chi connectivity index (χ1v) is 11.5. The highest BCUT2D eigenvalue weighted by molar-refractivity contribution is 7.89. The Kier molecular flexibility index (Phi) is 7.53. The lowest BCUT2D eigenvalue weighted by atomic mass is 10.3. The van der Waals surface area contributed by atoms with Crippen LogP contribution in [0, 0.1) is 0 Å². The minimum Gasteiger partial charge on any atom is -0.479 e. The van der Waals surface area contributed by atoms with Gasteiger partial charge in [-0.15, -0.1) is 0 Å². The van der Waals surface area contributed by atoms with E-state index in [0.29, 0.717) is 10.8 Å². The number of carbonyl (C=O) groups excluding carboxylic acids is 2. The summed E-state index contributed by atoms with van der Waals surface area (Å²) in [6.45, 7) is 1.88. The molecule has 0 aromatic heterocycles. The van der Waals surface area contributed by atoms with Gasteiger partial charge in [0.25, 0.3) is 5.91 Å². The van der Waals surface area contributed by atoms with Crippen LogP contribution in [0.1, 0.15) is 6.92 Å². The average molecular weight is 467 g/mol. The number of sulfonamides is 1. The second kappa shape index (κ2) is 10.1. The third-order valence-electron chi connectivity index (χ3n) is 4.77. The summed E-state index contributed by atoms with van der Waals surface area (Å²) in [7, 11) is -3.60. The minimum absolute atomic E-state index is 0.174. The lowest BCUT2D eigenvalue weighted by Gasteiger charge is -2.33. The Balaban J connectivity index is 1.45. The number of rotatable bonds is 7. The van der Waals surface area contributed by atoms with Gasteiger partial charge in [0.2, 0.25) is 10.0 Å². The van der Waals surface area contributed by atoms with Crippen LogP contribution >= 0.6 is 11.6 Å². The van der Waals surface area contributed by atoms with E-state index < -0.39 is 28.7 Å². The minimum atomic E-state index is -3.60. The summed E-state index contributed by atoms with van der Waals surface area (Å²) in [6, 6.07) is 14.7. The molecule has 2 aromatic rings. The van der Waals surface area contributed by atoms with Crippen molar-refractivity contribution < 1.29 is 27.5 Å². The van der Waals surface area contributed by atoms with Crippen LogP contribution in [-0.4, -0.2) is 68.4 Å². The number of esters is 1. The zero-order chi connectivity index (χ0) is 22.4. The van der Waals surface area contributed by atoms with Gasteiger partial charge in [0.05, 0.1) is 4.90 Å². The standard InChI is InChI=1S/C21H23ClN2O6S/c1-16(30-18-9-7-17(22)8-10-18)21(26)29-15-20(25)23-11-13-24(14-12-23)31(27,28)19-5-3-2-4-6-19/h2-10,16H,11-15H2,1H3/t16-/m1/s1. The van der Waals surface area contributed by atoms with Crippen LogP contribution in [0.3, 0.4) is 0 Å². The van der Waals surface area contributed by atoms with Crippen LogP contribution in [0.4, 0.5) is 0 Å². The van der Waals surface area contributed by atoms with E-state index in [1.165, 1.54) is 16.1 Å². The van der Waals surface area contributed by atoms with E-state index in [1.54, 1.807) is 54.6 Å². The van der Waals surface area contributed by atoms with Gasteiger partial charge >= 0.3 is 5.97 Å². The Labute approximate surface area is 186 Å². The molecule has 1 saturated heterocycles. The Morgan fingerprint density at radius 2 is 1.61 bits per heavy atom. The quantitative estimate of drug-likeness (QED) is 0.581. The molecule has 1 atom stereocenters. The van der Waals surface area contributed by atoms with Gasteiger partial charge in [-0.25, -0.2) is 13.2 Å². The molecule has 0 saturated carbocycles. The average Bonchev–Trinajstić information content (AvgIpc) is 2.79. The maximum atomic E-state index is 12.7. The Morgan fingerprint density at radius 3 is 2.23 bits per heavy atom. The van der Waals surface area contributed by atoms with E-state index in [9.17, 15) is 18.0 Å². The molecule has 31 heavy (non-hydrogen) atoms. The largest absolute Gasteiger partial charge is 0.479 e. The molecule has 2 aromatic carbocycles. The second-order valence-electron chi connectivity index (χ2n) is 6.92. The first kappa shape index (κ1) is 23.1. The second-order valence-corrected chi connectivity index (χ2v) is 9.29. The van der Waals surface area contributed by atoms with Gasteiger partial charge in [0, 0.05) is 31.2 Å². The van der Waals surface area contributed by atoms with Gasteiger partial charge in [-0.3, -0.25) is 4.79 Å². The van der Waals surface area contributed by atoms with Crippen molar-refractivity contribution in [2.24, 2.45) is 0 Å². The van der Waals surface area contributed by atoms with Crippen LogP contribution in [-0.2, 0) is 24.3 Å². The fraction of sp³-hybridized carbons (Fsp3) is 0.333. The number of hydrogen-bond acceptors (Lipinski definition) is 6. The monoisotopic (exact) mass is 466 g/mol. The maximum Gasteiger partial charge on any atom is 0.347 e. The fourth-order valence-corrected chi connectivity index (χ4v) is 4.60. The molecule has 10 heteroatoms. The lowest BCUT2D eigenvalue weighted by molar-refractivity contribution is -0.157. The molecule has 1 aliphatic rings. The molecule has 8 nitrogen and oxygen atoms in total. The molecule has 0 N–H and O–H groups in total. The van der Waals surface area contributed by atoms with Crippen molar-refractivity contribution in [3.05, 3.63) is 59.6 Å². The highest BCUT2D eigenvalue weighted by Gasteiger charge is 2.30. The number of hydrogen-bond donors (Lipinski definition) is 0. The number of amides is 1. The summed E-state index contributed by atoms with van der Waals surface area (Å²) in [5.41, 5.74) is 0. The van der Waals surface area contributed by atoms with Crippen molar-refractivity contribution >= 4 is 33.5 Å². The summed E-state index contributed by atoms with van der Waals surface area (Å²) in [4.78, 5) is 26.2. The van der Waals surface area contributed by atoms with Crippen molar-refractivity contribution in [3.63, 3.8) is 0 Å². The van der Waals surface area contributed by atoms with Gasteiger partial charge < -0.3 is 14.4 Å². The zero-order valence-electron chi connectivity index (χ0n) is 16.9. The maximum absolute atomic E-state index is 12.7. The van der Waals surface area contributed by atoms with Crippen molar-refractivity contribution in [2.45, 2.75) is 17.9 Å². The third-order valence-corrected chi connectivity index (χ3v) is 6.93. The number of ether oxygens (including phenoxy) is 2. The first-order chi connectivity index (χ1) is 14.8. The zero-order valence-corrected chi connectivity index (χ0v) is 18.5. The Bertz CT molecular complexity index is 1010. The molecular formula is C21H23ClN2O6S. The first-order valence-electron chi connectivity index (χ1n) is 9.69. The number of piperazine rings is 1. The molecule has 1 amide bonds. The van der Waals surface area contributed by atoms with Gasteiger partial charge in [-0.05, 0) is 43.3 Å². The molecule has 1 aliphatic heterocycles. The highest BCUT2D eigenvalue weighted by Crippen LogP contribution is 2.18. The summed E-state index contributed by atoms with van der Waals surface area (Å²) in [5, 5.41) is 0.546. The van der Waals surface area contributed by atoms with Gasteiger partial charge in [0.1, 0.15) is 5.75 Å². The molecule has 0 unspecified atom stereocenters. The number of nitrogens with zero attached hydrogens (tertiary/aromatic N) is 2. The van der Waals surface area contributed by atoms with Crippen molar-refractivity contribution in [2.75, 3.05) is 32.8 Å². The number of carbonyl (C=O) groups is 2. The molecule has 0 spiro atoms. The normalized spacial score (nSPS) is 15.9. The summed E-state index contributed by atoms with van der Waals surface area (Å²) < 4.78 is 37.2. The molecule has 166 valence electrons. The molecule has 0 radical (unpaired) electrons. The molecule has 0 bridgehead atoms. The number of halogens is 1. The van der Waals surface area contributed by atoms with Crippen LogP contribution in [0.5, 0.6) is 5.75 Å². The molecule has 1 heterocycles. The van der Waals surface area contributed by atoms with E-state index in [-0.39, 0.29) is 37.0 Å². The topological polar surface area (TPSA) is 93.2 Å². The van der Waals surface area contributed by atoms with Crippen molar-refractivity contribution in [3.8, 4) is 5.75 Å². The van der Waals surface area contributed by atoms with Crippen LogP contribution in [0.25, 0.3) is 0 Å². The Hall–Kier alpha value is -2.62. The van der Waals surface area contributed by atoms with Gasteiger partial charge in [-0.1, -0.05) is 29.8 Å². The summed E-state index contributed by atoms with van der Waals surface area (Å²) >= 11 is 5.81. The predicted molar refractivity (Wildman–Crippen MR) is 114 cm³/mol. The molecule has 0 aliphatic carbocycles. The molecular weight excluding hydrogens is 444 g/mol. The summed E-state index contributed by atoms with van der Waals surface area (Å²) in [6.07, 6.45) is -0.901.